The fraction of sp³-hybridized carbons (Fsp3) is 0.286. The van der Waals surface area contributed by atoms with Crippen molar-refractivity contribution in [1.29, 1.82) is 0 Å². The van der Waals surface area contributed by atoms with E-state index in [1.807, 2.05) is 36.4 Å². The molecule has 0 amide bonds. The lowest BCUT2D eigenvalue weighted by Crippen LogP contribution is -2.32. The van der Waals surface area contributed by atoms with E-state index in [1.165, 1.54) is 12.1 Å². The third-order valence-corrected chi connectivity index (χ3v) is 6.49. The first-order valence-corrected chi connectivity index (χ1v) is 12.0. The van der Waals surface area contributed by atoms with Crippen LogP contribution in [0.4, 0.5) is 10.2 Å². The summed E-state index contributed by atoms with van der Waals surface area (Å²) in [4.78, 5) is 11.6. The quantitative estimate of drug-likeness (QED) is 0.366. The number of fused-ring (bicyclic) bond motifs is 1. The van der Waals surface area contributed by atoms with Gasteiger partial charge in [-0.3, -0.25) is 0 Å². The zero-order valence-electron chi connectivity index (χ0n) is 20.4. The normalized spacial score (nSPS) is 14.6. The Hall–Kier alpha value is -3.91. The van der Waals surface area contributed by atoms with Crippen molar-refractivity contribution in [1.82, 2.24) is 14.9 Å². The fourth-order valence-electron chi connectivity index (χ4n) is 4.31. The van der Waals surface area contributed by atoms with Gasteiger partial charge in [-0.05, 0) is 93.5 Å². The van der Waals surface area contributed by atoms with Crippen molar-refractivity contribution in [3.05, 3.63) is 66.5 Å². The molecular formula is C28H29FN4O3. The van der Waals surface area contributed by atoms with Gasteiger partial charge in [-0.1, -0.05) is 0 Å². The van der Waals surface area contributed by atoms with Gasteiger partial charge in [0.15, 0.2) is 17.3 Å². The van der Waals surface area contributed by atoms with E-state index >= 15 is 0 Å². The van der Waals surface area contributed by atoms with Gasteiger partial charge in [-0.25, -0.2) is 14.4 Å². The first-order valence-electron chi connectivity index (χ1n) is 12.0. The Bertz CT molecular complexity index is 1340. The number of nitrogens with zero attached hydrogens (tertiary/aromatic N) is 3. The molecule has 1 aliphatic rings. The summed E-state index contributed by atoms with van der Waals surface area (Å²) in [7, 11) is 3.77. The smallest absolute Gasteiger partial charge is 0.163 e. The summed E-state index contributed by atoms with van der Waals surface area (Å²) in [5.74, 6) is 3.50. The number of hydrogen-bond acceptors (Lipinski definition) is 7. The largest absolute Gasteiger partial charge is 0.493 e. The van der Waals surface area contributed by atoms with Crippen LogP contribution < -0.4 is 19.9 Å². The highest BCUT2D eigenvalue weighted by Crippen LogP contribution is 2.35. The number of likely N-dealkylation sites (tertiary alicyclic amines) is 1. The molecule has 0 radical (unpaired) electrons. The summed E-state index contributed by atoms with van der Waals surface area (Å²) < 4.78 is 30.7. The first kappa shape index (κ1) is 23.8. The predicted molar refractivity (Wildman–Crippen MR) is 138 cm³/mol. The molecule has 4 aromatic rings. The van der Waals surface area contributed by atoms with Crippen molar-refractivity contribution in [3.63, 3.8) is 0 Å². The van der Waals surface area contributed by atoms with E-state index in [4.69, 9.17) is 24.9 Å². The van der Waals surface area contributed by atoms with Gasteiger partial charge in [0.2, 0.25) is 0 Å². The van der Waals surface area contributed by atoms with Gasteiger partial charge < -0.3 is 24.8 Å². The molecule has 1 aromatic heterocycles. The van der Waals surface area contributed by atoms with Gasteiger partial charge in [0.25, 0.3) is 0 Å². The lowest BCUT2D eigenvalue weighted by molar-refractivity contribution is 0.157. The molecule has 186 valence electrons. The number of aromatic nitrogens is 2. The van der Waals surface area contributed by atoms with Gasteiger partial charge in [0.05, 0.1) is 19.2 Å². The fourth-order valence-corrected chi connectivity index (χ4v) is 4.31. The molecule has 3 aromatic carbocycles. The van der Waals surface area contributed by atoms with Crippen molar-refractivity contribution in [3.8, 4) is 34.4 Å². The van der Waals surface area contributed by atoms with Gasteiger partial charge in [0, 0.05) is 17.0 Å². The maximum Gasteiger partial charge on any atom is 0.163 e. The minimum atomic E-state index is -0.309. The number of rotatable bonds is 7. The SMILES string of the molecule is COc1cc2c(N)nc(-c3ccc(Oc4ccc(F)cc4)cc3)nc2cc1OCC1CCN(C)CC1. The van der Waals surface area contributed by atoms with Crippen molar-refractivity contribution >= 4 is 16.7 Å². The molecule has 1 aliphatic heterocycles. The van der Waals surface area contributed by atoms with Crippen molar-refractivity contribution in [2.24, 2.45) is 5.92 Å². The second kappa shape index (κ2) is 10.4. The van der Waals surface area contributed by atoms with Crippen molar-refractivity contribution in [2.45, 2.75) is 12.8 Å². The summed E-state index contributed by atoms with van der Waals surface area (Å²) in [5.41, 5.74) is 7.78. The third kappa shape index (κ3) is 5.33. The third-order valence-electron chi connectivity index (χ3n) is 6.49. The molecule has 0 aliphatic carbocycles. The van der Waals surface area contributed by atoms with Crippen LogP contribution in [0.15, 0.2) is 60.7 Å². The Morgan fingerprint density at radius 2 is 1.61 bits per heavy atom. The molecule has 7 nitrogen and oxygen atoms in total. The first-order chi connectivity index (χ1) is 17.5. The molecule has 1 saturated heterocycles. The molecule has 2 heterocycles. The lowest BCUT2D eigenvalue weighted by atomic mass is 9.98. The van der Waals surface area contributed by atoms with Crippen LogP contribution in [0.5, 0.6) is 23.0 Å². The summed E-state index contributed by atoms with van der Waals surface area (Å²) >= 11 is 0. The van der Waals surface area contributed by atoms with E-state index in [9.17, 15) is 4.39 Å². The number of anilines is 1. The topological polar surface area (TPSA) is 82.7 Å². The van der Waals surface area contributed by atoms with E-state index in [2.05, 4.69) is 16.9 Å². The minimum Gasteiger partial charge on any atom is -0.493 e. The molecule has 0 atom stereocenters. The average Bonchev–Trinajstić information content (AvgIpc) is 2.89. The van der Waals surface area contributed by atoms with Gasteiger partial charge in [0.1, 0.15) is 23.1 Å². The molecule has 1 fully saturated rings. The summed E-state index contributed by atoms with van der Waals surface area (Å²) in [6.45, 7) is 2.81. The highest BCUT2D eigenvalue weighted by atomic mass is 19.1. The molecule has 0 unspecified atom stereocenters. The average molecular weight is 489 g/mol. The zero-order chi connectivity index (χ0) is 25.1. The van der Waals surface area contributed by atoms with Crippen LogP contribution >= 0.6 is 0 Å². The maximum absolute atomic E-state index is 13.1. The number of nitrogens with two attached hydrogens (primary N) is 1. The van der Waals surface area contributed by atoms with Gasteiger partial charge >= 0.3 is 0 Å². The van der Waals surface area contributed by atoms with E-state index < -0.39 is 0 Å². The number of nitrogen functional groups attached to an aromatic ring is 1. The Morgan fingerprint density at radius 3 is 2.28 bits per heavy atom. The lowest BCUT2D eigenvalue weighted by Gasteiger charge is -2.28. The van der Waals surface area contributed by atoms with Crippen LogP contribution in [0, 0.1) is 11.7 Å². The second-order valence-electron chi connectivity index (χ2n) is 9.09. The standard InChI is InChI=1S/C28H29FN4O3/c1-33-13-11-18(12-14-33)17-35-26-16-24-23(15-25(26)34-2)27(30)32-28(31-24)19-3-7-21(8-4-19)36-22-9-5-20(29)6-10-22/h3-10,15-16,18H,11-14,17H2,1-2H3,(H2,30,31,32). The summed E-state index contributed by atoms with van der Waals surface area (Å²) in [6.07, 6.45) is 2.24. The molecule has 0 saturated carbocycles. The van der Waals surface area contributed by atoms with E-state index in [0.717, 1.165) is 31.5 Å². The van der Waals surface area contributed by atoms with Crippen LogP contribution in [-0.2, 0) is 0 Å². The Kier molecular flexibility index (Phi) is 6.86. The van der Waals surface area contributed by atoms with Crippen molar-refractivity contribution in [2.75, 3.05) is 39.6 Å². The molecule has 8 heteroatoms. The number of benzene rings is 3. The molecule has 5 rings (SSSR count). The van der Waals surface area contributed by atoms with Crippen LogP contribution in [0.25, 0.3) is 22.3 Å². The molecule has 0 spiro atoms. The Morgan fingerprint density at radius 1 is 0.944 bits per heavy atom. The highest BCUT2D eigenvalue weighted by molar-refractivity contribution is 5.92. The number of hydrogen-bond donors (Lipinski definition) is 1. The monoisotopic (exact) mass is 488 g/mol. The summed E-state index contributed by atoms with van der Waals surface area (Å²) in [5, 5.41) is 0.707. The van der Waals surface area contributed by atoms with Crippen LogP contribution in [0.2, 0.25) is 0 Å². The van der Waals surface area contributed by atoms with Crippen LogP contribution in [-0.4, -0.2) is 48.7 Å². The van der Waals surface area contributed by atoms with Crippen molar-refractivity contribution < 1.29 is 18.6 Å². The van der Waals surface area contributed by atoms with Gasteiger partial charge in [-0.15, -0.1) is 0 Å². The number of methoxy groups -OCH3 is 1. The van der Waals surface area contributed by atoms with E-state index in [0.29, 0.717) is 58.1 Å². The highest BCUT2D eigenvalue weighted by Gasteiger charge is 2.19. The zero-order valence-corrected chi connectivity index (χ0v) is 20.4. The number of ether oxygens (including phenoxy) is 3. The van der Waals surface area contributed by atoms with Crippen LogP contribution in [0.1, 0.15) is 12.8 Å². The maximum atomic E-state index is 13.1. The number of halogens is 1. The second-order valence-corrected chi connectivity index (χ2v) is 9.09. The van der Waals surface area contributed by atoms with Crippen LogP contribution in [0.3, 0.4) is 0 Å². The molecule has 2 N–H and O–H groups in total. The Balaban J connectivity index is 1.37. The predicted octanol–water partition coefficient (Wildman–Crippen LogP) is 5.54. The minimum absolute atomic E-state index is 0.309. The van der Waals surface area contributed by atoms with Gasteiger partial charge in [-0.2, -0.15) is 0 Å². The van der Waals surface area contributed by atoms with E-state index in [1.54, 1.807) is 19.2 Å². The Labute approximate surface area is 209 Å². The molecule has 0 bridgehead atoms. The molecular weight excluding hydrogens is 459 g/mol. The summed E-state index contributed by atoms with van der Waals surface area (Å²) in [6, 6.07) is 16.9. The van der Waals surface area contributed by atoms with E-state index in [-0.39, 0.29) is 5.82 Å². The molecule has 36 heavy (non-hydrogen) atoms. The number of piperidine rings is 1.